The van der Waals surface area contributed by atoms with E-state index in [0.29, 0.717) is 11.3 Å². The van der Waals surface area contributed by atoms with Crippen LogP contribution in [0.5, 0.6) is 0 Å². The molecule has 0 saturated carbocycles. The number of rotatable bonds is 3. The summed E-state index contributed by atoms with van der Waals surface area (Å²) in [4.78, 5) is 21.9. The molecule has 80 valence electrons. The summed E-state index contributed by atoms with van der Waals surface area (Å²) in [6.07, 6.45) is 0. The minimum Gasteiger partial charge on any atom is -0.465 e. The third-order valence-electron chi connectivity index (χ3n) is 1.73. The summed E-state index contributed by atoms with van der Waals surface area (Å²) in [6.45, 7) is -0.571. The number of hydrogen-bond donors (Lipinski definition) is 2. The van der Waals surface area contributed by atoms with Crippen LogP contribution in [0.25, 0.3) is 0 Å². The van der Waals surface area contributed by atoms with Crippen molar-refractivity contribution in [2.45, 2.75) is 0 Å². The van der Waals surface area contributed by atoms with Crippen molar-refractivity contribution in [1.82, 2.24) is 0 Å². The summed E-state index contributed by atoms with van der Waals surface area (Å²) in [7, 11) is 1.30. The van der Waals surface area contributed by atoms with Crippen LogP contribution in [0.3, 0.4) is 0 Å². The molecule has 0 fully saturated rings. The molecule has 1 rings (SSSR count). The molecule has 0 aromatic heterocycles. The van der Waals surface area contributed by atoms with E-state index in [9.17, 15) is 9.59 Å². The van der Waals surface area contributed by atoms with Gasteiger partial charge in [-0.2, -0.15) is 0 Å². The van der Waals surface area contributed by atoms with Crippen LogP contribution in [0.1, 0.15) is 10.4 Å². The molecule has 0 aliphatic carbocycles. The van der Waals surface area contributed by atoms with E-state index in [4.69, 9.17) is 5.11 Å². The van der Waals surface area contributed by atoms with Gasteiger partial charge < -0.3 is 15.2 Å². The lowest BCUT2D eigenvalue weighted by molar-refractivity contribution is -0.118. The Balaban J connectivity index is 2.72. The molecule has 0 unspecified atom stereocenters. The van der Waals surface area contributed by atoms with Crippen molar-refractivity contribution in [2.24, 2.45) is 0 Å². The Morgan fingerprint density at radius 1 is 1.33 bits per heavy atom. The first kappa shape index (κ1) is 11.2. The highest BCUT2D eigenvalue weighted by Gasteiger charge is 2.05. The molecule has 0 radical (unpaired) electrons. The first-order valence-electron chi connectivity index (χ1n) is 4.26. The van der Waals surface area contributed by atoms with Gasteiger partial charge >= 0.3 is 5.97 Å². The maximum Gasteiger partial charge on any atom is 0.337 e. The summed E-state index contributed by atoms with van der Waals surface area (Å²) in [6, 6.07) is 6.16. The maximum atomic E-state index is 11.1. The molecule has 0 saturated heterocycles. The van der Waals surface area contributed by atoms with Crippen molar-refractivity contribution in [3.05, 3.63) is 29.8 Å². The van der Waals surface area contributed by atoms with E-state index >= 15 is 0 Å². The van der Waals surface area contributed by atoms with Crippen LogP contribution in [0, 0.1) is 0 Å². The zero-order chi connectivity index (χ0) is 11.3. The van der Waals surface area contributed by atoms with E-state index in [2.05, 4.69) is 10.1 Å². The SMILES string of the molecule is COC(=O)c1ccc(NC(=O)CO)cc1. The Morgan fingerprint density at radius 2 is 1.93 bits per heavy atom. The molecule has 2 N–H and O–H groups in total. The number of methoxy groups -OCH3 is 1. The number of amides is 1. The first-order chi connectivity index (χ1) is 7.17. The Bertz CT molecular complexity index is 358. The quantitative estimate of drug-likeness (QED) is 0.707. The second kappa shape index (κ2) is 5.11. The fourth-order valence-corrected chi connectivity index (χ4v) is 1.01. The number of ether oxygens (including phenoxy) is 1. The minimum absolute atomic E-state index is 0.402. The summed E-state index contributed by atoms with van der Waals surface area (Å²) in [5, 5.41) is 10.9. The van der Waals surface area contributed by atoms with E-state index in [1.807, 2.05) is 0 Å². The van der Waals surface area contributed by atoms with Gasteiger partial charge in [0.25, 0.3) is 0 Å². The fourth-order valence-electron chi connectivity index (χ4n) is 1.01. The lowest BCUT2D eigenvalue weighted by atomic mass is 10.2. The van der Waals surface area contributed by atoms with Crippen molar-refractivity contribution in [2.75, 3.05) is 19.0 Å². The lowest BCUT2D eigenvalue weighted by Crippen LogP contribution is -2.15. The number of aliphatic hydroxyl groups is 1. The number of aliphatic hydroxyl groups excluding tert-OH is 1. The van der Waals surface area contributed by atoms with Crippen LogP contribution in [-0.4, -0.2) is 30.7 Å². The Hall–Kier alpha value is -1.88. The van der Waals surface area contributed by atoms with Gasteiger partial charge in [-0.15, -0.1) is 0 Å². The predicted molar refractivity (Wildman–Crippen MR) is 53.5 cm³/mol. The standard InChI is InChI=1S/C10H11NO4/c1-15-10(14)7-2-4-8(5-3-7)11-9(13)6-12/h2-5,12H,6H2,1H3,(H,11,13). The zero-order valence-corrected chi connectivity index (χ0v) is 8.19. The van der Waals surface area contributed by atoms with Gasteiger partial charge in [-0.25, -0.2) is 4.79 Å². The molecular weight excluding hydrogens is 198 g/mol. The van der Waals surface area contributed by atoms with Gasteiger partial charge in [0.05, 0.1) is 12.7 Å². The zero-order valence-electron chi connectivity index (χ0n) is 8.19. The van der Waals surface area contributed by atoms with Crippen LogP contribution in [-0.2, 0) is 9.53 Å². The van der Waals surface area contributed by atoms with E-state index in [1.54, 1.807) is 12.1 Å². The van der Waals surface area contributed by atoms with Gasteiger partial charge in [0, 0.05) is 5.69 Å². The fraction of sp³-hybridized carbons (Fsp3) is 0.200. The van der Waals surface area contributed by atoms with Gasteiger partial charge in [0.15, 0.2) is 0 Å². The molecular formula is C10H11NO4. The molecule has 0 heterocycles. The lowest BCUT2D eigenvalue weighted by Gasteiger charge is -2.03. The average Bonchev–Trinajstić information content (AvgIpc) is 2.29. The number of carbonyl (C=O) groups excluding carboxylic acids is 2. The second-order valence-corrected chi connectivity index (χ2v) is 2.78. The van der Waals surface area contributed by atoms with Gasteiger partial charge in [-0.05, 0) is 24.3 Å². The molecule has 0 aliphatic heterocycles. The van der Waals surface area contributed by atoms with Crippen molar-refractivity contribution >= 4 is 17.6 Å². The van der Waals surface area contributed by atoms with Crippen LogP contribution in [0.2, 0.25) is 0 Å². The smallest absolute Gasteiger partial charge is 0.337 e. The van der Waals surface area contributed by atoms with E-state index in [0.717, 1.165) is 0 Å². The number of esters is 1. The third-order valence-corrected chi connectivity index (χ3v) is 1.73. The summed E-state index contributed by atoms with van der Waals surface area (Å²) in [5.74, 6) is -0.934. The molecule has 15 heavy (non-hydrogen) atoms. The van der Waals surface area contributed by atoms with Gasteiger partial charge in [-0.3, -0.25) is 4.79 Å². The van der Waals surface area contributed by atoms with E-state index < -0.39 is 18.5 Å². The van der Waals surface area contributed by atoms with Gasteiger partial charge in [0.2, 0.25) is 5.91 Å². The third kappa shape index (κ3) is 3.07. The number of carbonyl (C=O) groups is 2. The van der Waals surface area contributed by atoms with Gasteiger partial charge in [0.1, 0.15) is 6.61 Å². The Kier molecular flexibility index (Phi) is 3.82. The molecule has 5 heteroatoms. The normalized spacial score (nSPS) is 9.47. The van der Waals surface area contributed by atoms with Crippen molar-refractivity contribution < 1.29 is 19.4 Å². The predicted octanol–water partition coefficient (Wildman–Crippen LogP) is 0.404. The molecule has 5 nitrogen and oxygen atoms in total. The van der Waals surface area contributed by atoms with Crippen LogP contribution in [0.4, 0.5) is 5.69 Å². The molecule has 0 aliphatic rings. The number of anilines is 1. The topological polar surface area (TPSA) is 75.6 Å². The van der Waals surface area contributed by atoms with Crippen molar-refractivity contribution in [3.8, 4) is 0 Å². The largest absolute Gasteiger partial charge is 0.465 e. The summed E-state index contributed by atoms with van der Waals surface area (Å²) >= 11 is 0. The number of benzene rings is 1. The highest BCUT2D eigenvalue weighted by molar-refractivity contribution is 5.93. The second-order valence-electron chi connectivity index (χ2n) is 2.78. The Morgan fingerprint density at radius 3 is 2.40 bits per heavy atom. The van der Waals surface area contributed by atoms with Crippen molar-refractivity contribution in [1.29, 1.82) is 0 Å². The van der Waals surface area contributed by atoms with Crippen LogP contribution < -0.4 is 5.32 Å². The maximum absolute atomic E-state index is 11.1. The number of hydrogen-bond acceptors (Lipinski definition) is 4. The summed E-state index contributed by atoms with van der Waals surface area (Å²) in [5.41, 5.74) is 0.918. The van der Waals surface area contributed by atoms with Crippen molar-refractivity contribution in [3.63, 3.8) is 0 Å². The highest BCUT2D eigenvalue weighted by Crippen LogP contribution is 2.09. The molecule has 0 spiro atoms. The monoisotopic (exact) mass is 209 g/mol. The molecule has 1 aromatic carbocycles. The van der Waals surface area contributed by atoms with E-state index in [1.165, 1.54) is 19.2 Å². The molecule has 0 bridgehead atoms. The first-order valence-corrected chi connectivity index (χ1v) is 4.26. The molecule has 0 atom stereocenters. The highest BCUT2D eigenvalue weighted by atomic mass is 16.5. The minimum atomic E-state index is -0.571. The Labute approximate surface area is 86.7 Å². The summed E-state index contributed by atoms with van der Waals surface area (Å²) < 4.78 is 4.51. The van der Waals surface area contributed by atoms with Gasteiger partial charge in [-0.1, -0.05) is 0 Å². The number of nitrogens with one attached hydrogen (secondary N) is 1. The van der Waals surface area contributed by atoms with Crippen LogP contribution in [0.15, 0.2) is 24.3 Å². The van der Waals surface area contributed by atoms with E-state index in [-0.39, 0.29) is 0 Å². The molecule has 1 aromatic rings. The molecule has 1 amide bonds. The van der Waals surface area contributed by atoms with Crippen LogP contribution >= 0.6 is 0 Å². The average molecular weight is 209 g/mol.